The second-order valence-corrected chi connectivity index (χ2v) is 6.97. The summed E-state index contributed by atoms with van der Waals surface area (Å²) in [5.41, 5.74) is 1.30. The van der Waals surface area contributed by atoms with Gasteiger partial charge in [-0.1, -0.05) is 0 Å². The number of nitrogens with zero attached hydrogens (tertiary/aromatic N) is 1. The molecule has 1 unspecified atom stereocenters. The highest BCUT2D eigenvalue weighted by Crippen LogP contribution is 2.23. The molecule has 1 fully saturated rings. The Hall–Kier alpha value is -2.44. The number of piperidine rings is 1. The van der Waals surface area contributed by atoms with Gasteiger partial charge in [0, 0.05) is 31.6 Å². The molecular weight excluding hydrogens is 351 g/mol. The molecule has 7 heteroatoms. The Balaban J connectivity index is 1.77. The molecule has 1 atom stereocenters. The van der Waals surface area contributed by atoms with Gasteiger partial charge in [0.2, 0.25) is 11.8 Å². The number of aryl methyl sites for hydroxylation is 1. The van der Waals surface area contributed by atoms with E-state index in [1.54, 1.807) is 17.9 Å². The molecule has 148 valence electrons. The number of esters is 1. The highest BCUT2D eigenvalue weighted by molar-refractivity contribution is 5.91. The minimum atomic E-state index is -0.385. The predicted octanol–water partition coefficient (Wildman–Crippen LogP) is 3.04. The lowest BCUT2D eigenvalue weighted by atomic mass is 9.93. The van der Waals surface area contributed by atoms with Gasteiger partial charge < -0.3 is 15.0 Å². The summed E-state index contributed by atoms with van der Waals surface area (Å²) < 4.78 is 17.7. The van der Waals surface area contributed by atoms with Crippen molar-refractivity contribution < 1.29 is 23.5 Å². The third-order valence-corrected chi connectivity index (χ3v) is 4.88. The first-order valence-corrected chi connectivity index (χ1v) is 9.29. The fraction of sp³-hybridized carbons (Fsp3) is 0.550. The smallest absolute Gasteiger partial charge is 0.306 e. The lowest BCUT2D eigenvalue weighted by molar-refractivity contribution is -0.144. The lowest BCUT2D eigenvalue weighted by Gasteiger charge is -2.32. The number of ether oxygens (including phenoxy) is 1. The van der Waals surface area contributed by atoms with Gasteiger partial charge in [-0.25, -0.2) is 4.39 Å². The molecule has 1 aromatic carbocycles. The van der Waals surface area contributed by atoms with Crippen molar-refractivity contribution in [2.45, 2.75) is 45.4 Å². The van der Waals surface area contributed by atoms with Gasteiger partial charge in [-0.15, -0.1) is 0 Å². The third kappa shape index (κ3) is 6.66. The van der Waals surface area contributed by atoms with Crippen molar-refractivity contribution in [2.75, 3.05) is 25.5 Å². The van der Waals surface area contributed by atoms with E-state index < -0.39 is 0 Å². The monoisotopic (exact) mass is 378 g/mol. The maximum atomic E-state index is 13.1. The van der Waals surface area contributed by atoms with Crippen LogP contribution in [0.4, 0.5) is 10.1 Å². The van der Waals surface area contributed by atoms with Crippen molar-refractivity contribution in [3.05, 3.63) is 29.6 Å². The summed E-state index contributed by atoms with van der Waals surface area (Å²) in [7, 11) is 1.31. The average Bonchev–Trinajstić information content (AvgIpc) is 2.66. The number of carbonyl (C=O) groups is 3. The van der Waals surface area contributed by atoms with Crippen LogP contribution in [0.25, 0.3) is 0 Å². The molecule has 0 aromatic heterocycles. The standard InChI is InChI=1S/C20H27FN2O4/c1-14-12-16(21)6-7-17(14)22-18(24)8-5-15-4-3-11-23(13-15)19(25)9-10-20(26)27-2/h6-7,12,15H,3-5,8-11,13H2,1-2H3,(H,22,24). The Kier molecular flexibility index (Phi) is 7.76. The van der Waals surface area contributed by atoms with E-state index in [2.05, 4.69) is 10.1 Å². The molecule has 1 N–H and O–H groups in total. The Bertz CT molecular complexity index is 693. The van der Waals surface area contributed by atoms with Crippen molar-refractivity contribution in [2.24, 2.45) is 5.92 Å². The third-order valence-electron chi connectivity index (χ3n) is 4.88. The molecule has 2 amide bonds. The number of hydrogen-bond donors (Lipinski definition) is 1. The predicted molar refractivity (Wildman–Crippen MR) is 99.6 cm³/mol. The number of hydrogen-bond acceptors (Lipinski definition) is 4. The van der Waals surface area contributed by atoms with Gasteiger partial charge in [0.1, 0.15) is 5.82 Å². The zero-order valence-electron chi connectivity index (χ0n) is 15.9. The number of anilines is 1. The first-order valence-electron chi connectivity index (χ1n) is 9.29. The summed E-state index contributed by atoms with van der Waals surface area (Å²) in [5.74, 6) is -0.606. The van der Waals surface area contributed by atoms with E-state index in [-0.39, 0.29) is 42.4 Å². The van der Waals surface area contributed by atoms with Gasteiger partial charge in [0.15, 0.2) is 0 Å². The van der Waals surface area contributed by atoms with Crippen LogP contribution in [0.3, 0.4) is 0 Å². The highest BCUT2D eigenvalue weighted by Gasteiger charge is 2.24. The fourth-order valence-electron chi connectivity index (χ4n) is 3.31. The molecule has 0 spiro atoms. The zero-order chi connectivity index (χ0) is 19.8. The molecule has 1 aliphatic heterocycles. The van der Waals surface area contributed by atoms with Crippen molar-refractivity contribution in [3.63, 3.8) is 0 Å². The molecule has 0 radical (unpaired) electrons. The normalized spacial score (nSPS) is 16.7. The van der Waals surface area contributed by atoms with Crippen LogP contribution in [0.15, 0.2) is 18.2 Å². The highest BCUT2D eigenvalue weighted by atomic mass is 19.1. The van der Waals surface area contributed by atoms with Crippen LogP contribution in [-0.4, -0.2) is 42.9 Å². The number of methoxy groups -OCH3 is 1. The minimum absolute atomic E-state index is 0.0449. The van der Waals surface area contributed by atoms with Crippen LogP contribution in [0.5, 0.6) is 0 Å². The summed E-state index contributed by atoms with van der Waals surface area (Å²) in [4.78, 5) is 37.4. The molecule has 1 heterocycles. The van der Waals surface area contributed by atoms with Gasteiger partial charge in [-0.2, -0.15) is 0 Å². The fourth-order valence-corrected chi connectivity index (χ4v) is 3.31. The number of halogens is 1. The summed E-state index contributed by atoms with van der Waals surface area (Å²) >= 11 is 0. The van der Waals surface area contributed by atoms with E-state index in [0.29, 0.717) is 37.2 Å². The second-order valence-electron chi connectivity index (χ2n) is 6.97. The maximum absolute atomic E-state index is 13.1. The molecule has 2 rings (SSSR count). The number of amides is 2. The number of likely N-dealkylation sites (tertiary alicyclic amines) is 1. The molecule has 27 heavy (non-hydrogen) atoms. The largest absolute Gasteiger partial charge is 0.469 e. The van der Waals surface area contributed by atoms with E-state index in [0.717, 1.165) is 12.8 Å². The van der Waals surface area contributed by atoms with Crippen LogP contribution in [0.1, 0.15) is 44.1 Å². The number of nitrogens with one attached hydrogen (secondary N) is 1. The molecule has 6 nitrogen and oxygen atoms in total. The van der Waals surface area contributed by atoms with Gasteiger partial charge in [-0.3, -0.25) is 14.4 Å². The minimum Gasteiger partial charge on any atom is -0.469 e. The van der Waals surface area contributed by atoms with Crippen molar-refractivity contribution >= 4 is 23.5 Å². The number of rotatable bonds is 7. The van der Waals surface area contributed by atoms with Gasteiger partial charge in [0.05, 0.1) is 13.5 Å². The Labute approximate surface area is 159 Å². The Morgan fingerprint density at radius 3 is 2.74 bits per heavy atom. The van der Waals surface area contributed by atoms with Crippen LogP contribution in [-0.2, 0) is 19.1 Å². The van der Waals surface area contributed by atoms with Crippen molar-refractivity contribution in [3.8, 4) is 0 Å². The molecule has 0 saturated carbocycles. The number of benzene rings is 1. The van der Waals surface area contributed by atoms with Gasteiger partial charge >= 0.3 is 5.97 Å². The van der Waals surface area contributed by atoms with Crippen molar-refractivity contribution in [1.29, 1.82) is 0 Å². The van der Waals surface area contributed by atoms with E-state index >= 15 is 0 Å². The van der Waals surface area contributed by atoms with Gasteiger partial charge in [-0.05, 0) is 55.9 Å². The molecule has 1 aliphatic rings. The van der Waals surface area contributed by atoms with E-state index in [1.165, 1.54) is 19.2 Å². The maximum Gasteiger partial charge on any atom is 0.306 e. The summed E-state index contributed by atoms with van der Waals surface area (Å²) in [6.07, 6.45) is 3.16. The second kappa shape index (κ2) is 10.0. The summed E-state index contributed by atoms with van der Waals surface area (Å²) in [5, 5.41) is 2.81. The Morgan fingerprint density at radius 1 is 1.26 bits per heavy atom. The number of carbonyl (C=O) groups excluding carboxylic acids is 3. The molecular formula is C20H27FN2O4. The quantitative estimate of drug-likeness (QED) is 0.740. The Morgan fingerprint density at radius 2 is 2.04 bits per heavy atom. The molecule has 0 bridgehead atoms. The lowest BCUT2D eigenvalue weighted by Crippen LogP contribution is -2.40. The molecule has 0 aliphatic carbocycles. The van der Waals surface area contributed by atoms with Crippen LogP contribution in [0.2, 0.25) is 0 Å². The van der Waals surface area contributed by atoms with Gasteiger partial charge in [0.25, 0.3) is 0 Å². The summed E-state index contributed by atoms with van der Waals surface area (Å²) in [6, 6.07) is 4.26. The van der Waals surface area contributed by atoms with E-state index in [1.807, 2.05) is 0 Å². The van der Waals surface area contributed by atoms with Crippen LogP contribution in [0, 0.1) is 18.7 Å². The van der Waals surface area contributed by atoms with Crippen LogP contribution >= 0.6 is 0 Å². The summed E-state index contributed by atoms with van der Waals surface area (Å²) in [6.45, 7) is 3.05. The zero-order valence-corrected chi connectivity index (χ0v) is 15.9. The first-order chi connectivity index (χ1) is 12.9. The van der Waals surface area contributed by atoms with E-state index in [9.17, 15) is 18.8 Å². The van der Waals surface area contributed by atoms with Crippen LogP contribution < -0.4 is 5.32 Å². The topological polar surface area (TPSA) is 75.7 Å². The molecule has 1 aromatic rings. The SMILES string of the molecule is COC(=O)CCC(=O)N1CCCC(CCC(=O)Nc2ccc(F)cc2C)C1. The van der Waals surface area contributed by atoms with E-state index in [4.69, 9.17) is 0 Å². The average molecular weight is 378 g/mol. The van der Waals surface area contributed by atoms with Crippen molar-refractivity contribution in [1.82, 2.24) is 4.90 Å². The molecule has 1 saturated heterocycles. The first kappa shape index (κ1) is 20.9.